The smallest absolute Gasteiger partial charge is 0.230 e. The van der Waals surface area contributed by atoms with E-state index < -0.39 is 0 Å². The fourth-order valence-corrected chi connectivity index (χ4v) is 4.73. The molecule has 2 aliphatic rings. The Morgan fingerprint density at radius 3 is 2.62 bits per heavy atom. The van der Waals surface area contributed by atoms with E-state index in [-0.39, 0.29) is 30.7 Å². The Kier molecular flexibility index (Phi) is 11.2. The first-order valence-electron chi connectivity index (χ1n) is 8.77. The van der Waals surface area contributed by atoms with Gasteiger partial charge < -0.3 is 10.2 Å². The lowest BCUT2D eigenvalue weighted by atomic mass is 10.2. The van der Waals surface area contributed by atoms with Crippen molar-refractivity contribution in [3.8, 4) is 0 Å². The van der Waals surface area contributed by atoms with Crippen LogP contribution >= 0.6 is 48.3 Å². The normalized spacial score (nSPS) is 20.3. The topological polar surface area (TPSA) is 35.6 Å². The summed E-state index contributed by atoms with van der Waals surface area (Å²) >= 11 is 3.56. The van der Waals surface area contributed by atoms with Crippen LogP contribution in [0.3, 0.4) is 0 Å². The second kappa shape index (κ2) is 12.2. The van der Waals surface area contributed by atoms with Crippen molar-refractivity contribution in [2.75, 3.05) is 49.6 Å². The van der Waals surface area contributed by atoms with Crippen molar-refractivity contribution in [2.45, 2.75) is 29.5 Å². The SMILES string of the molecule is CSc1cccc(N2CCN(CCCCC3NC(=O)CS3)CC2)c1.Cl.Cl. The van der Waals surface area contributed by atoms with E-state index in [1.54, 1.807) is 23.5 Å². The van der Waals surface area contributed by atoms with E-state index in [0.717, 1.165) is 32.6 Å². The van der Waals surface area contributed by atoms with Crippen molar-refractivity contribution in [3.63, 3.8) is 0 Å². The molecule has 2 aliphatic heterocycles. The molecule has 148 valence electrons. The van der Waals surface area contributed by atoms with Crippen molar-refractivity contribution in [1.82, 2.24) is 10.2 Å². The lowest BCUT2D eigenvalue weighted by Crippen LogP contribution is -2.46. The lowest BCUT2D eigenvalue weighted by Gasteiger charge is -2.36. The Hall–Kier alpha value is -0.270. The molecule has 1 aromatic carbocycles. The van der Waals surface area contributed by atoms with Crippen molar-refractivity contribution in [1.29, 1.82) is 0 Å². The highest BCUT2D eigenvalue weighted by Gasteiger charge is 2.21. The maximum Gasteiger partial charge on any atom is 0.230 e. The van der Waals surface area contributed by atoms with Gasteiger partial charge in [0.15, 0.2) is 0 Å². The zero-order valence-electron chi connectivity index (χ0n) is 15.2. The van der Waals surface area contributed by atoms with Crippen LogP contribution in [0.4, 0.5) is 5.69 Å². The van der Waals surface area contributed by atoms with Gasteiger partial charge in [-0.2, -0.15) is 0 Å². The minimum Gasteiger partial charge on any atom is -0.369 e. The van der Waals surface area contributed by atoms with Gasteiger partial charge in [0, 0.05) is 36.8 Å². The van der Waals surface area contributed by atoms with Crippen molar-refractivity contribution in [3.05, 3.63) is 24.3 Å². The molecule has 1 N–H and O–H groups in total. The first-order valence-corrected chi connectivity index (χ1v) is 11.0. The molecule has 1 amide bonds. The van der Waals surface area contributed by atoms with Crippen LogP contribution in [0.15, 0.2) is 29.2 Å². The highest BCUT2D eigenvalue weighted by molar-refractivity contribution is 8.01. The van der Waals surface area contributed by atoms with Gasteiger partial charge >= 0.3 is 0 Å². The zero-order valence-corrected chi connectivity index (χ0v) is 18.5. The molecule has 2 saturated heterocycles. The van der Waals surface area contributed by atoms with E-state index in [2.05, 4.69) is 45.6 Å². The Morgan fingerprint density at radius 1 is 1.19 bits per heavy atom. The predicted octanol–water partition coefficient (Wildman–Crippen LogP) is 3.73. The summed E-state index contributed by atoms with van der Waals surface area (Å²) in [6.45, 7) is 5.72. The van der Waals surface area contributed by atoms with Crippen molar-refractivity contribution in [2.24, 2.45) is 0 Å². The van der Waals surface area contributed by atoms with E-state index in [4.69, 9.17) is 0 Å². The van der Waals surface area contributed by atoms with Gasteiger partial charge in [0.1, 0.15) is 0 Å². The second-order valence-corrected chi connectivity index (χ2v) is 8.46. The van der Waals surface area contributed by atoms with E-state index >= 15 is 0 Å². The van der Waals surface area contributed by atoms with Crippen molar-refractivity contribution >= 4 is 59.9 Å². The number of nitrogens with zero attached hydrogens (tertiary/aromatic N) is 2. The molecular formula is C18H29Cl2N3OS2. The number of hydrogen-bond donors (Lipinski definition) is 1. The minimum atomic E-state index is 0. The monoisotopic (exact) mass is 437 g/mol. The number of carbonyl (C=O) groups is 1. The first kappa shape index (κ1) is 23.8. The summed E-state index contributed by atoms with van der Waals surface area (Å²) in [5, 5.41) is 3.39. The average Bonchev–Trinajstić information content (AvgIpc) is 3.04. The molecular weight excluding hydrogens is 409 g/mol. The molecule has 1 aromatic rings. The molecule has 0 aromatic heterocycles. The van der Waals surface area contributed by atoms with Gasteiger partial charge in [-0.1, -0.05) is 6.07 Å². The van der Waals surface area contributed by atoms with Gasteiger partial charge in [-0.3, -0.25) is 9.69 Å². The molecule has 0 aliphatic carbocycles. The summed E-state index contributed by atoms with van der Waals surface area (Å²) in [5.41, 5.74) is 1.36. The Balaban J connectivity index is 0.00000169. The van der Waals surface area contributed by atoms with Crippen LogP contribution in [-0.2, 0) is 4.79 Å². The summed E-state index contributed by atoms with van der Waals surface area (Å²) in [5.74, 6) is 0.844. The molecule has 0 radical (unpaired) electrons. The molecule has 2 heterocycles. The molecule has 4 nitrogen and oxygen atoms in total. The summed E-state index contributed by atoms with van der Waals surface area (Å²) < 4.78 is 0. The van der Waals surface area contributed by atoms with Gasteiger partial charge in [0.2, 0.25) is 5.91 Å². The van der Waals surface area contributed by atoms with E-state index in [9.17, 15) is 4.79 Å². The Bertz CT molecular complexity index is 557. The largest absolute Gasteiger partial charge is 0.369 e. The molecule has 1 unspecified atom stereocenters. The van der Waals surface area contributed by atoms with Crippen LogP contribution in [0.25, 0.3) is 0 Å². The summed E-state index contributed by atoms with van der Waals surface area (Å²) in [7, 11) is 0. The molecule has 0 bridgehead atoms. The van der Waals surface area contributed by atoms with Gasteiger partial charge in [-0.05, 0) is 50.3 Å². The molecule has 8 heteroatoms. The van der Waals surface area contributed by atoms with Gasteiger partial charge in [-0.25, -0.2) is 0 Å². The quantitative estimate of drug-likeness (QED) is 0.519. The molecule has 2 fully saturated rings. The molecule has 0 spiro atoms. The maximum absolute atomic E-state index is 11.2. The number of nitrogens with one attached hydrogen (secondary N) is 1. The van der Waals surface area contributed by atoms with Gasteiger partial charge in [0.05, 0.1) is 11.1 Å². The summed E-state index contributed by atoms with van der Waals surface area (Å²) in [6, 6.07) is 8.86. The standard InChI is InChI=1S/C18H27N3OS2.2ClH/c1-23-16-6-4-5-15(13-16)21-11-9-20(10-12-21)8-3-2-7-18-19-17(22)14-24-18;;/h4-6,13,18H,2-3,7-12,14H2,1H3,(H,19,22);2*1H. The third kappa shape index (κ3) is 7.04. The number of anilines is 1. The number of halogens is 2. The van der Waals surface area contributed by atoms with Crippen molar-refractivity contribution < 1.29 is 4.79 Å². The second-order valence-electron chi connectivity index (χ2n) is 6.39. The highest BCUT2D eigenvalue weighted by atomic mass is 35.5. The molecule has 0 saturated carbocycles. The van der Waals surface area contributed by atoms with E-state index in [0.29, 0.717) is 11.1 Å². The number of thioether (sulfide) groups is 2. The van der Waals surface area contributed by atoms with E-state index in [1.165, 1.54) is 30.0 Å². The van der Waals surface area contributed by atoms with Gasteiger partial charge in [0.25, 0.3) is 0 Å². The number of amides is 1. The number of rotatable bonds is 7. The highest BCUT2D eigenvalue weighted by Crippen LogP contribution is 2.23. The number of unbranched alkanes of at least 4 members (excludes halogenated alkanes) is 1. The van der Waals surface area contributed by atoms with Crippen LogP contribution in [0.1, 0.15) is 19.3 Å². The number of hydrogen-bond acceptors (Lipinski definition) is 5. The van der Waals surface area contributed by atoms with Crippen LogP contribution in [0.2, 0.25) is 0 Å². The van der Waals surface area contributed by atoms with Crippen LogP contribution < -0.4 is 10.2 Å². The Morgan fingerprint density at radius 2 is 1.96 bits per heavy atom. The first-order chi connectivity index (χ1) is 11.7. The average molecular weight is 438 g/mol. The number of piperazine rings is 1. The molecule has 1 atom stereocenters. The molecule has 3 rings (SSSR count). The zero-order chi connectivity index (χ0) is 16.8. The maximum atomic E-state index is 11.2. The molecule has 26 heavy (non-hydrogen) atoms. The van der Waals surface area contributed by atoms with Gasteiger partial charge in [-0.15, -0.1) is 48.3 Å². The lowest BCUT2D eigenvalue weighted by molar-refractivity contribution is -0.118. The minimum absolute atomic E-state index is 0. The predicted molar refractivity (Wildman–Crippen MR) is 120 cm³/mol. The summed E-state index contributed by atoms with van der Waals surface area (Å²) in [6.07, 6.45) is 5.67. The number of benzene rings is 1. The third-order valence-corrected chi connectivity index (χ3v) is 6.63. The Labute approximate surface area is 178 Å². The van der Waals surface area contributed by atoms with Crippen LogP contribution in [0, 0.1) is 0 Å². The van der Waals surface area contributed by atoms with Crippen LogP contribution in [-0.4, -0.2) is 60.9 Å². The summed E-state index contributed by atoms with van der Waals surface area (Å²) in [4.78, 5) is 17.6. The third-order valence-electron chi connectivity index (χ3n) is 4.72. The van der Waals surface area contributed by atoms with Crippen LogP contribution in [0.5, 0.6) is 0 Å². The fourth-order valence-electron chi connectivity index (χ4n) is 3.30. The fraction of sp³-hybridized carbons (Fsp3) is 0.611. The van der Waals surface area contributed by atoms with E-state index in [1.807, 2.05) is 0 Å². The number of carbonyl (C=O) groups excluding carboxylic acids is 1.